The Morgan fingerprint density at radius 2 is 1.79 bits per heavy atom. The molecule has 6 rings (SSSR count). The lowest BCUT2D eigenvalue weighted by atomic mass is 9.75. The smallest absolute Gasteiger partial charge is 0.269 e. The number of hydrogen-bond acceptors (Lipinski definition) is 6. The maximum atomic E-state index is 13.9. The van der Waals surface area contributed by atoms with Crippen molar-refractivity contribution >= 4 is 34.8 Å². The third-order valence-electron chi connectivity index (χ3n) is 8.02. The van der Waals surface area contributed by atoms with Gasteiger partial charge < -0.3 is 5.32 Å². The molecule has 9 heteroatoms. The van der Waals surface area contributed by atoms with E-state index >= 15 is 0 Å². The van der Waals surface area contributed by atoms with Crippen molar-refractivity contribution in [1.82, 2.24) is 4.90 Å². The van der Waals surface area contributed by atoms with Gasteiger partial charge >= 0.3 is 0 Å². The molecule has 1 spiro atoms. The van der Waals surface area contributed by atoms with Gasteiger partial charge in [0.25, 0.3) is 5.69 Å². The number of benzene rings is 2. The summed E-state index contributed by atoms with van der Waals surface area (Å²) in [6, 6.07) is 9.09. The van der Waals surface area contributed by atoms with E-state index in [1.807, 2.05) is 26.0 Å². The van der Waals surface area contributed by atoms with E-state index in [9.17, 15) is 24.5 Å². The Labute approximate surface area is 189 Å². The fourth-order valence-corrected chi connectivity index (χ4v) is 6.50. The molecule has 3 amide bonds. The lowest BCUT2D eigenvalue weighted by Crippen LogP contribution is -2.54. The SMILES string of the molecule is Cc1ccc2c(c1C)NC(=O)[C@]21[C@@H]2C(=O)N(c3ccc([N+](=O)[O-])cc3)C(=O)[C@@H]2[C@@H]2CCCN21. The first-order valence-electron chi connectivity index (χ1n) is 11.1. The summed E-state index contributed by atoms with van der Waals surface area (Å²) in [6.45, 7) is 4.57. The summed E-state index contributed by atoms with van der Waals surface area (Å²) in [5.74, 6) is -2.48. The van der Waals surface area contributed by atoms with Crippen LogP contribution >= 0.6 is 0 Å². The topological polar surface area (TPSA) is 113 Å². The summed E-state index contributed by atoms with van der Waals surface area (Å²) in [7, 11) is 0. The Hall–Kier alpha value is -3.59. The average molecular weight is 446 g/mol. The van der Waals surface area contributed by atoms with Crippen LogP contribution in [0, 0.1) is 35.8 Å². The molecule has 4 aliphatic rings. The number of anilines is 2. The number of carbonyl (C=O) groups excluding carboxylic acids is 3. The molecule has 168 valence electrons. The molecule has 1 N–H and O–H groups in total. The molecule has 4 atom stereocenters. The first-order valence-corrected chi connectivity index (χ1v) is 11.1. The first kappa shape index (κ1) is 20.0. The van der Waals surface area contributed by atoms with Gasteiger partial charge in [-0.05, 0) is 56.5 Å². The predicted molar refractivity (Wildman–Crippen MR) is 119 cm³/mol. The highest BCUT2D eigenvalue weighted by Gasteiger charge is 2.74. The van der Waals surface area contributed by atoms with E-state index in [2.05, 4.69) is 10.2 Å². The number of non-ortho nitro benzene ring substituents is 1. The number of nitro benzene ring substituents is 1. The number of rotatable bonds is 2. The van der Waals surface area contributed by atoms with Gasteiger partial charge in [-0.25, -0.2) is 4.90 Å². The highest BCUT2D eigenvalue weighted by molar-refractivity contribution is 6.26. The Bertz CT molecular complexity index is 1270. The van der Waals surface area contributed by atoms with Crippen LogP contribution < -0.4 is 10.2 Å². The van der Waals surface area contributed by atoms with Crippen LogP contribution in [0.5, 0.6) is 0 Å². The lowest BCUT2D eigenvalue weighted by molar-refractivity contribution is -0.384. The second-order valence-electron chi connectivity index (χ2n) is 9.34. The number of nitro groups is 1. The van der Waals surface area contributed by atoms with Gasteiger partial charge in [-0.15, -0.1) is 0 Å². The Kier molecular flexibility index (Phi) is 3.93. The molecule has 2 aromatic rings. The number of fused-ring (bicyclic) bond motifs is 7. The number of nitrogens with zero attached hydrogens (tertiary/aromatic N) is 3. The van der Waals surface area contributed by atoms with Gasteiger partial charge in [-0.2, -0.15) is 0 Å². The molecule has 3 fully saturated rings. The minimum Gasteiger partial charge on any atom is -0.324 e. The molecule has 3 saturated heterocycles. The van der Waals surface area contributed by atoms with Crippen molar-refractivity contribution in [3.63, 3.8) is 0 Å². The van der Waals surface area contributed by atoms with Crippen molar-refractivity contribution in [2.75, 3.05) is 16.8 Å². The molecular weight excluding hydrogens is 424 g/mol. The molecule has 0 bridgehead atoms. The third-order valence-corrected chi connectivity index (χ3v) is 8.02. The van der Waals surface area contributed by atoms with Crippen molar-refractivity contribution in [3.05, 3.63) is 63.2 Å². The molecule has 4 aliphatic heterocycles. The quantitative estimate of drug-likeness (QED) is 0.431. The van der Waals surface area contributed by atoms with Gasteiger partial charge in [-0.1, -0.05) is 12.1 Å². The maximum absolute atomic E-state index is 13.9. The molecule has 0 saturated carbocycles. The minimum atomic E-state index is -1.22. The zero-order valence-electron chi connectivity index (χ0n) is 18.2. The summed E-state index contributed by atoms with van der Waals surface area (Å²) in [6.07, 6.45) is 1.59. The van der Waals surface area contributed by atoms with Gasteiger partial charge in [0.2, 0.25) is 17.7 Å². The average Bonchev–Trinajstić information content (AvgIpc) is 3.50. The standard InChI is InChI=1S/C24H22N4O5/c1-12-5-10-16-20(13(12)2)25-23(31)24(16)19-18(17-4-3-11-26(17)24)21(29)27(22(19)30)14-6-8-15(9-7-14)28(32)33/h5-10,17-19H,3-4,11H2,1-2H3,(H,25,31)/t17-,18+,19-,24+/m0/s1. The molecule has 0 aromatic heterocycles. The van der Waals surface area contributed by atoms with Crippen molar-refractivity contribution in [2.45, 2.75) is 38.3 Å². The van der Waals surface area contributed by atoms with Crippen molar-refractivity contribution < 1.29 is 19.3 Å². The Morgan fingerprint density at radius 1 is 1.06 bits per heavy atom. The number of hydrogen-bond donors (Lipinski definition) is 1. The third kappa shape index (κ3) is 2.27. The summed E-state index contributed by atoms with van der Waals surface area (Å²) in [4.78, 5) is 55.0. The summed E-state index contributed by atoms with van der Waals surface area (Å²) in [5, 5.41) is 14.1. The van der Waals surface area contributed by atoms with E-state index in [1.165, 1.54) is 24.3 Å². The summed E-state index contributed by atoms with van der Waals surface area (Å²) < 4.78 is 0. The van der Waals surface area contributed by atoms with E-state index in [1.54, 1.807) is 0 Å². The van der Waals surface area contributed by atoms with Crippen LogP contribution in [0.3, 0.4) is 0 Å². The van der Waals surface area contributed by atoms with Gasteiger partial charge in [0.05, 0.1) is 22.4 Å². The fraction of sp³-hybridized carbons (Fsp3) is 0.375. The first-order chi connectivity index (χ1) is 15.8. The van der Waals surface area contributed by atoms with Gasteiger partial charge in [0.1, 0.15) is 5.54 Å². The molecule has 0 radical (unpaired) electrons. The van der Waals surface area contributed by atoms with Crippen LogP contribution in [0.1, 0.15) is 29.5 Å². The second kappa shape index (κ2) is 6.48. The van der Waals surface area contributed by atoms with E-state index in [-0.39, 0.29) is 23.5 Å². The van der Waals surface area contributed by atoms with Crippen LogP contribution in [-0.2, 0) is 19.9 Å². The van der Waals surface area contributed by atoms with Crippen LogP contribution in [0.15, 0.2) is 36.4 Å². The number of aryl methyl sites for hydroxylation is 1. The number of imide groups is 1. The van der Waals surface area contributed by atoms with Crippen molar-refractivity contribution in [1.29, 1.82) is 0 Å². The zero-order chi connectivity index (χ0) is 23.2. The van der Waals surface area contributed by atoms with Gasteiger partial charge in [0.15, 0.2) is 0 Å². The van der Waals surface area contributed by atoms with Crippen molar-refractivity contribution in [2.24, 2.45) is 11.8 Å². The second-order valence-corrected chi connectivity index (χ2v) is 9.34. The summed E-state index contributed by atoms with van der Waals surface area (Å²) in [5.41, 5.74) is 2.46. The number of amides is 3. The lowest BCUT2D eigenvalue weighted by Gasteiger charge is -2.36. The van der Waals surface area contributed by atoms with E-state index in [0.717, 1.165) is 40.1 Å². The fourth-order valence-electron chi connectivity index (χ4n) is 6.50. The molecule has 9 nitrogen and oxygen atoms in total. The van der Waals surface area contributed by atoms with Crippen molar-refractivity contribution in [3.8, 4) is 0 Å². The molecule has 0 unspecified atom stereocenters. The highest BCUT2D eigenvalue weighted by Crippen LogP contribution is 2.61. The molecular formula is C24H22N4O5. The normalized spacial score (nSPS) is 30.1. The Morgan fingerprint density at radius 3 is 2.48 bits per heavy atom. The Balaban J connectivity index is 1.52. The van der Waals surface area contributed by atoms with Gasteiger partial charge in [0, 0.05) is 29.4 Å². The van der Waals surface area contributed by atoms with Crippen LogP contribution in [0.25, 0.3) is 0 Å². The van der Waals surface area contributed by atoms with Crippen LogP contribution in [0.4, 0.5) is 17.1 Å². The number of carbonyl (C=O) groups is 3. The molecule has 2 aromatic carbocycles. The molecule has 0 aliphatic carbocycles. The largest absolute Gasteiger partial charge is 0.324 e. The summed E-state index contributed by atoms with van der Waals surface area (Å²) >= 11 is 0. The molecule has 33 heavy (non-hydrogen) atoms. The maximum Gasteiger partial charge on any atom is 0.269 e. The van der Waals surface area contributed by atoms with Crippen LogP contribution in [0.2, 0.25) is 0 Å². The van der Waals surface area contributed by atoms with E-state index in [0.29, 0.717) is 12.2 Å². The van der Waals surface area contributed by atoms with E-state index in [4.69, 9.17) is 0 Å². The minimum absolute atomic E-state index is 0.119. The number of nitrogens with one attached hydrogen (secondary N) is 1. The molecule has 4 heterocycles. The van der Waals surface area contributed by atoms with Gasteiger partial charge in [-0.3, -0.25) is 29.4 Å². The monoisotopic (exact) mass is 446 g/mol. The van der Waals surface area contributed by atoms with Crippen LogP contribution in [-0.4, -0.2) is 40.1 Å². The highest BCUT2D eigenvalue weighted by atomic mass is 16.6. The predicted octanol–water partition coefficient (Wildman–Crippen LogP) is 2.64. The zero-order valence-corrected chi connectivity index (χ0v) is 18.2. The van der Waals surface area contributed by atoms with E-state index < -0.39 is 28.2 Å².